The number of amides is 1. The van der Waals surface area contributed by atoms with Crippen LogP contribution in [0.5, 0.6) is 0 Å². The summed E-state index contributed by atoms with van der Waals surface area (Å²) in [6.07, 6.45) is -0.441. The van der Waals surface area contributed by atoms with Crippen molar-refractivity contribution in [2.24, 2.45) is 0 Å². The molecule has 2 rings (SSSR count). The van der Waals surface area contributed by atoms with E-state index in [0.29, 0.717) is 15.6 Å². The second-order valence-electron chi connectivity index (χ2n) is 5.45. The van der Waals surface area contributed by atoms with Gasteiger partial charge in [0.1, 0.15) is 5.60 Å². The van der Waals surface area contributed by atoms with Crippen LogP contribution in [0.2, 0.25) is 0 Å². The van der Waals surface area contributed by atoms with Crippen LogP contribution < -0.4 is 4.90 Å². The van der Waals surface area contributed by atoms with Gasteiger partial charge in [-0.25, -0.2) is 9.69 Å². The number of anilines is 1. The molecule has 0 aliphatic carbocycles. The summed E-state index contributed by atoms with van der Waals surface area (Å²) in [5.41, 5.74) is 0.425. The third-order valence-electron chi connectivity index (χ3n) is 2.46. The average molecular weight is 323 g/mol. The number of rotatable bonds is 3. The molecule has 1 aromatic heterocycles. The second kappa shape index (κ2) is 6.36. The largest absolute Gasteiger partial charge is 0.443 e. The molecule has 0 fully saturated rings. The number of aromatic amines is 1. The van der Waals surface area contributed by atoms with Crippen LogP contribution in [0.4, 0.5) is 9.93 Å². The Morgan fingerprint density at radius 3 is 2.57 bits per heavy atom. The first-order valence-electron chi connectivity index (χ1n) is 6.45. The highest BCUT2D eigenvalue weighted by Gasteiger charge is 2.25. The molecular formula is C14H17N3O2S2. The molecule has 0 radical (unpaired) electrons. The topological polar surface area (TPSA) is 58.2 Å². The summed E-state index contributed by atoms with van der Waals surface area (Å²) in [7, 11) is 0. The summed E-state index contributed by atoms with van der Waals surface area (Å²) in [6.45, 7) is 5.88. The number of carbonyl (C=O) groups is 1. The van der Waals surface area contributed by atoms with E-state index in [1.54, 1.807) is 0 Å². The molecule has 2 aromatic rings. The van der Waals surface area contributed by atoms with Crippen molar-refractivity contribution in [1.29, 1.82) is 0 Å². The van der Waals surface area contributed by atoms with E-state index in [1.807, 2.05) is 51.1 Å². The van der Waals surface area contributed by atoms with Crippen LogP contribution >= 0.6 is 23.6 Å². The molecule has 0 aliphatic rings. The number of nitrogens with zero attached hydrogens (tertiary/aromatic N) is 2. The van der Waals surface area contributed by atoms with E-state index in [4.69, 9.17) is 17.0 Å². The van der Waals surface area contributed by atoms with Gasteiger partial charge in [-0.1, -0.05) is 41.7 Å². The summed E-state index contributed by atoms with van der Waals surface area (Å²) < 4.78 is 5.96. The van der Waals surface area contributed by atoms with Gasteiger partial charge >= 0.3 is 6.09 Å². The lowest BCUT2D eigenvalue weighted by Crippen LogP contribution is -2.36. The molecule has 0 saturated heterocycles. The van der Waals surface area contributed by atoms with Crippen LogP contribution in [0.3, 0.4) is 0 Å². The number of hydrogen-bond acceptors (Lipinski definition) is 5. The smallest absolute Gasteiger partial charge is 0.417 e. The predicted molar refractivity (Wildman–Crippen MR) is 86.2 cm³/mol. The standard InChI is InChI=1S/C14H17N3O2S2/c1-14(2,3)19-13(18)17(11-15-16-12(20)21-11)9-10-7-5-4-6-8-10/h4-8H,9H2,1-3H3,(H,16,20). The summed E-state index contributed by atoms with van der Waals surface area (Å²) in [6, 6.07) is 9.68. The summed E-state index contributed by atoms with van der Waals surface area (Å²) in [5.74, 6) is 0. The van der Waals surface area contributed by atoms with E-state index in [1.165, 1.54) is 16.2 Å². The molecule has 112 valence electrons. The summed E-state index contributed by atoms with van der Waals surface area (Å²) in [4.78, 5) is 13.9. The van der Waals surface area contributed by atoms with Crippen molar-refractivity contribution in [3.05, 3.63) is 39.8 Å². The summed E-state index contributed by atoms with van der Waals surface area (Å²) in [5, 5.41) is 7.26. The Morgan fingerprint density at radius 2 is 2.05 bits per heavy atom. The van der Waals surface area contributed by atoms with Crippen LogP contribution in [0.15, 0.2) is 30.3 Å². The number of hydrogen-bond donors (Lipinski definition) is 1. The van der Waals surface area contributed by atoms with Gasteiger partial charge in [-0.2, -0.15) is 0 Å². The number of aromatic nitrogens is 2. The highest BCUT2D eigenvalue weighted by molar-refractivity contribution is 7.73. The van der Waals surface area contributed by atoms with E-state index >= 15 is 0 Å². The minimum Gasteiger partial charge on any atom is -0.443 e. The predicted octanol–water partition coefficient (Wildman–Crippen LogP) is 4.14. The molecule has 7 heteroatoms. The van der Waals surface area contributed by atoms with E-state index in [0.717, 1.165) is 5.56 Å². The van der Waals surface area contributed by atoms with Crippen molar-refractivity contribution in [2.75, 3.05) is 4.90 Å². The molecule has 1 N–H and O–H groups in total. The van der Waals surface area contributed by atoms with Crippen molar-refractivity contribution >= 4 is 34.8 Å². The fourth-order valence-corrected chi connectivity index (χ4v) is 2.50. The van der Waals surface area contributed by atoms with Gasteiger partial charge in [-0.05, 0) is 38.6 Å². The number of H-pyrrole nitrogens is 1. The zero-order valence-corrected chi connectivity index (χ0v) is 13.8. The number of benzene rings is 1. The number of nitrogens with one attached hydrogen (secondary N) is 1. The second-order valence-corrected chi connectivity index (χ2v) is 7.09. The first-order valence-corrected chi connectivity index (χ1v) is 7.67. The van der Waals surface area contributed by atoms with E-state index < -0.39 is 11.7 Å². The minimum atomic E-state index is -0.566. The molecule has 1 amide bonds. The Balaban J connectivity index is 2.26. The van der Waals surface area contributed by atoms with Gasteiger partial charge in [-0.3, -0.25) is 5.10 Å². The normalized spacial score (nSPS) is 11.2. The number of carbonyl (C=O) groups excluding carboxylic acids is 1. The van der Waals surface area contributed by atoms with Gasteiger partial charge < -0.3 is 4.74 Å². The lowest BCUT2D eigenvalue weighted by atomic mass is 10.2. The molecule has 0 aliphatic heterocycles. The van der Waals surface area contributed by atoms with E-state index in [9.17, 15) is 4.79 Å². The minimum absolute atomic E-state index is 0.381. The van der Waals surface area contributed by atoms with Gasteiger partial charge in [-0.15, -0.1) is 5.10 Å². The van der Waals surface area contributed by atoms with Crippen LogP contribution in [0.1, 0.15) is 26.3 Å². The monoisotopic (exact) mass is 323 g/mol. The van der Waals surface area contributed by atoms with E-state index in [-0.39, 0.29) is 0 Å². The molecule has 0 unspecified atom stereocenters. The molecule has 0 bridgehead atoms. The van der Waals surface area contributed by atoms with Crippen LogP contribution in [0.25, 0.3) is 0 Å². The fraction of sp³-hybridized carbons (Fsp3) is 0.357. The third kappa shape index (κ3) is 4.64. The van der Waals surface area contributed by atoms with Crippen molar-refractivity contribution in [3.8, 4) is 0 Å². The van der Waals surface area contributed by atoms with Crippen LogP contribution in [-0.4, -0.2) is 21.9 Å². The Morgan fingerprint density at radius 1 is 1.38 bits per heavy atom. The first kappa shape index (κ1) is 15.7. The third-order valence-corrected chi connectivity index (χ3v) is 3.57. The van der Waals surface area contributed by atoms with Crippen LogP contribution in [-0.2, 0) is 11.3 Å². The van der Waals surface area contributed by atoms with Crippen molar-refractivity contribution < 1.29 is 9.53 Å². The number of ether oxygens (including phenoxy) is 1. The first-order chi connectivity index (χ1) is 9.85. The van der Waals surface area contributed by atoms with E-state index in [2.05, 4.69) is 10.2 Å². The maximum Gasteiger partial charge on any atom is 0.417 e. The Hall–Kier alpha value is -1.73. The quantitative estimate of drug-likeness (QED) is 0.862. The zero-order chi connectivity index (χ0) is 15.5. The molecular weight excluding hydrogens is 306 g/mol. The summed E-state index contributed by atoms with van der Waals surface area (Å²) >= 11 is 6.28. The lowest BCUT2D eigenvalue weighted by molar-refractivity contribution is 0.0577. The fourth-order valence-electron chi connectivity index (χ4n) is 1.63. The van der Waals surface area contributed by atoms with Gasteiger partial charge in [0, 0.05) is 0 Å². The molecule has 21 heavy (non-hydrogen) atoms. The van der Waals surface area contributed by atoms with Crippen LogP contribution in [0, 0.1) is 3.95 Å². The molecule has 0 saturated carbocycles. The van der Waals surface area contributed by atoms with Gasteiger partial charge in [0.15, 0.2) is 3.95 Å². The van der Waals surface area contributed by atoms with Crippen molar-refractivity contribution in [3.63, 3.8) is 0 Å². The zero-order valence-electron chi connectivity index (χ0n) is 12.1. The van der Waals surface area contributed by atoms with Gasteiger partial charge in [0.05, 0.1) is 6.54 Å². The molecule has 1 aromatic carbocycles. The molecule has 5 nitrogen and oxygen atoms in total. The Labute approximate surface area is 132 Å². The Kier molecular flexibility index (Phi) is 4.74. The van der Waals surface area contributed by atoms with Crippen molar-refractivity contribution in [2.45, 2.75) is 32.9 Å². The molecule has 0 spiro atoms. The average Bonchev–Trinajstić information content (AvgIpc) is 2.81. The van der Waals surface area contributed by atoms with Gasteiger partial charge in [0.25, 0.3) is 0 Å². The highest BCUT2D eigenvalue weighted by Crippen LogP contribution is 2.22. The maximum absolute atomic E-state index is 12.4. The van der Waals surface area contributed by atoms with Gasteiger partial charge in [0.2, 0.25) is 5.13 Å². The highest BCUT2D eigenvalue weighted by atomic mass is 32.1. The lowest BCUT2D eigenvalue weighted by Gasteiger charge is -2.25. The SMILES string of the molecule is CC(C)(C)OC(=O)N(Cc1ccccc1)c1n[nH]c(=S)s1. The molecule has 0 atom stereocenters. The Bertz CT molecular complexity index is 659. The maximum atomic E-state index is 12.4. The van der Waals surface area contributed by atoms with Crippen molar-refractivity contribution in [1.82, 2.24) is 10.2 Å². The molecule has 1 heterocycles.